The molecule has 0 aliphatic carbocycles. The molecule has 5 nitrogen and oxygen atoms in total. The van der Waals surface area contributed by atoms with E-state index in [9.17, 15) is 9.59 Å². The van der Waals surface area contributed by atoms with Gasteiger partial charge in [0.2, 0.25) is 0 Å². The van der Waals surface area contributed by atoms with Gasteiger partial charge in [0.1, 0.15) is 0 Å². The van der Waals surface area contributed by atoms with Crippen molar-refractivity contribution >= 4 is 33.3 Å². The highest BCUT2D eigenvalue weighted by molar-refractivity contribution is 6.30. The molecule has 0 fully saturated rings. The number of halogens is 1. The van der Waals surface area contributed by atoms with Crippen molar-refractivity contribution in [3.63, 3.8) is 0 Å². The molecule has 31 heavy (non-hydrogen) atoms. The fraction of sp³-hybridized carbons (Fsp3) is 0.0800. The molecule has 0 unspecified atom stereocenters. The average molecular weight is 428 g/mol. The first kappa shape index (κ1) is 19.3. The summed E-state index contributed by atoms with van der Waals surface area (Å²) in [7, 11) is 0. The van der Waals surface area contributed by atoms with Gasteiger partial charge in [-0.15, -0.1) is 0 Å². The first-order chi connectivity index (χ1) is 14.9. The molecule has 0 atom stereocenters. The van der Waals surface area contributed by atoms with E-state index in [2.05, 4.69) is 4.98 Å². The van der Waals surface area contributed by atoms with Crippen LogP contribution in [0.15, 0.2) is 82.6 Å². The molecule has 0 amide bonds. The Hall–Kier alpha value is -3.70. The summed E-state index contributed by atoms with van der Waals surface area (Å²) in [5, 5.41) is 2.06. The maximum atomic E-state index is 13.4. The molecular weight excluding hydrogens is 410 g/mol. The Morgan fingerprint density at radius 3 is 1.90 bits per heavy atom. The van der Waals surface area contributed by atoms with Crippen LogP contribution in [0.5, 0.6) is 0 Å². The van der Waals surface area contributed by atoms with E-state index >= 15 is 0 Å². The summed E-state index contributed by atoms with van der Waals surface area (Å²) in [6.07, 6.45) is 3.41. The molecule has 0 N–H and O–H groups in total. The number of fused-ring (bicyclic) bond motifs is 3. The molecule has 3 aromatic heterocycles. The number of hydrogen-bond acceptors (Lipinski definition) is 3. The SMILES string of the molecule is Cc1ccc(-n2ccc3nc(C)c4c(=O)n(-c5ccc(Cl)cc5)ccc4c3c2=O)cc1. The Kier molecular flexibility index (Phi) is 4.49. The van der Waals surface area contributed by atoms with Crippen molar-refractivity contribution < 1.29 is 0 Å². The van der Waals surface area contributed by atoms with E-state index in [1.807, 2.05) is 43.3 Å². The summed E-state index contributed by atoms with van der Waals surface area (Å²) in [5.41, 5.74) is 3.30. The lowest BCUT2D eigenvalue weighted by molar-refractivity contribution is 0.995. The fourth-order valence-electron chi connectivity index (χ4n) is 3.92. The van der Waals surface area contributed by atoms with Crippen LogP contribution in [0.4, 0.5) is 0 Å². The molecule has 0 saturated heterocycles. The van der Waals surface area contributed by atoms with Crippen LogP contribution >= 0.6 is 11.6 Å². The van der Waals surface area contributed by atoms with Crippen molar-refractivity contribution in [3.8, 4) is 11.4 Å². The maximum absolute atomic E-state index is 13.4. The highest BCUT2D eigenvalue weighted by Crippen LogP contribution is 2.23. The molecule has 0 spiro atoms. The van der Waals surface area contributed by atoms with Gasteiger partial charge in [-0.25, -0.2) is 0 Å². The van der Waals surface area contributed by atoms with E-state index in [4.69, 9.17) is 11.6 Å². The number of aryl methyl sites for hydroxylation is 2. The van der Waals surface area contributed by atoms with Gasteiger partial charge in [-0.3, -0.25) is 23.7 Å². The van der Waals surface area contributed by atoms with E-state index in [1.54, 1.807) is 52.7 Å². The third-order valence-electron chi connectivity index (χ3n) is 5.50. The highest BCUT2D eigenvalue weighted by Gasteiger charge is 2.15. The largest absolute Gasteiger partial charge is 0.284 e. The molecule has 152 valence electrons. The van der Waals surface area contributed by atoms with Crippen molar-refractivity contribution in [1.82, 2.24) is 14.1 Å². The van der Waals surface area contributed by atoms with E-state index in [1.165, 1.54) is 0 Å². The van der Waals surface area contributed by atoms with Gasteiger partial charge in [0.25, 0.3) is 11.1 Å². The van der Waals surface area contributed by atoms with Crippen LogP contribution in [0, 0.1) is 13.8 Å². The van der Waals surface area contributed by atoms with Gasteiger partial charge in [0.05, 0.1) is 22.0 Å². The molecule has 5 rings (SSSR count). The van der Waals surface area contributed by atoms with Gasteiger partial charge in [-0.05, 0) is 62.4 Å². The summed E-state index contributed by atoms with van der Waals surface area (Å²) in [6.45, 7) is 3.79. The van der Waals surface area contributed by atoms with Crippen LogP contribution < -0.4 is 11.1 Å². The van der Waals surface area contributed by atoms with Crippen LogP contribution in [0.3, 0.4) is 0 Å². The van der Waals surface area contributed by atoms with Gasteiger partial charge in [-0.1, -0.05) is 29.3 Å². The van der Waals surface area contributed by atoms with E-state index < -0.39 is 0 Å². The van der Waals surface area contributed by atoms with Crippen LogP contribution in [0.2, 0.25) is 5.02 Å². The van der Waals surface area contributed by atoms with Gasteiger partial charge >= 0.3 is 0 Å². The van der Waals surface area contributed by atoms with Crippen molar-refractivity contribution in [2.45, 2.75) is 13.8 Å². The van der Waals surface area contributed by atoms with Crippen LogP contribution in [0.1, 0.15) is 11.3 Å². The van der Waals surface area contributed by atoms with E-state index in [0.29, 0.717) is 38.1 Å². The maximum Gasteiger partial charge on any atom is 0.265 e. The lowest BCUT2D eigenvalue weighted by atomic mass is 10.1. The molecule has 5 aromatic rings. The first-order valence-corrected chi connectivity index (χ1v) is 10.2. The quantitative estimate of drug-likeness (QED) is 0.374. The monoisotopic (exact) mass is 427 g/mol. The normalized spacial score (nSPS) is 11.3. The van der Waals surface area contributed by atoms with Crippen LogP contribution in [0.25, 0.3) is 33.1 Å². The number of hydrogen-bond donors (Lipinski definition) is 0. The summed E-state index contributed by atoms with van der Waals surface area (Å²) in [5.74, 6) is 0. The number of pyridine rings is 3. The van der Waals surface area contributed by atoms with Gasteiger partial charge in [-0.2, -0.15) is 0 Å². The summed E-state index contributed by atoms with van der Waals surface area (Å²) in [4.78, 5) is 31.4. The molecule has 3 heterocycles. The minimum Gasteiger partial charge on any atom is -0.284 e. The standard InChI is InChI=1S/C25H18ClN3O2/c1-15-3-7-18(8-4-15)29-14-12-21-23(25(29)31)20-11-13-28(19-9-5-17(26)6-10-19)24(30)22(20)16(2)27-21/h3-14H,1-2H3. The fourth-order valence-corrected chi connectivity index (χ4v) is 4.04. The van der Waals surface area contributed by atoms with Crippen molar-refractivity contribution in [2.75, 3.05) is 0 Å². The zero-order chi connectivity index (χ0) is 21.7. The minimum absolute atomic E-state index is 0.206. The lowest BCUT2D eigenvalue weighted by Gasteiger charge is -2.12. The van der Waals surface area contributed by atoms with Gasteiger partial charge < -0.3 is 0 Å². The Bertz CT molecular complexity index is 1580. The van der Waals surface area contributed by atoms with Crippen molar-refractivity contribution in [2.24, 2.45) is 0 Å². The Morgan fingerprint density at radius 1 is 0.710 bits per heavy atom. The number of rotatable bonds is 2. The molecule has 0 aliphatic heterocycles. The number of aromatic nitrogens is 3. The van der Waals surface area contributed by atoms with Crippen LogP contribution in [-0.2, 0) is 0 Å². The molecular formula is C25H18ClN3O2. The Morgan fingerprint density at radius 2 is 1.26 bits per heavy atom. The third-order valence-corrected chi connectivity index (χ3v) is 5.75. The second kappa shape index (κ2) is 7.22. The van der Waals surface area contributed by atoms with E-state index in [-0.39, 0.29) is 11.1 Å². The van der Waals surface area contributed by atoms with Gasteiger partial charge in [0.15, 0.2) is 0 Å². The molecule has 0 bridgehead atoms. The highest BCUT2D eigenvalue weighted by atomic mass is 35.5. The smallest absolute Gasteiger partial charge is 0.265 e. The number of benzene rings is 2. The molecule has 0 aliphatic rings. The third kappa shape index (κ3) is 3.14. The summed E-state index contributed by atoms with van der Waals surface area (Å²) < 4.78 is 3.13. The van der Waals surface area contributed by atoms with E-state index in [0.717, 1.165) is 11.3 Å². The Balaban J connectivity index is 1.83. The number of nitrogens with zero attached hydrogens (tertiary/aromatic N) is 3. The average Bonchev–Trinajstić information content (AvgIpc) is 2.75. The molecule has 6 heteroatoms. The Labute approximate surface area is 182 Å². The zero-order valence-corrected chi connectivity index (χ0v) is 17.7. The topological polar surface area (TPSA) is 56.9 Å². The minimum atomic E-state index is -0.225. The predicted octanol–water partition coefficient (Wildman–Crippen LogP) is 4.96. The zero-order valence-electron chi connectivity index (χ0n) is 17.0. The second-order valence-corrected chi connectivity index (χ2v) is 7.98. The van der Waals surface area contributed by atoms with Crippen molar-refractivity contribution in [1.29, 1.82) is 0 Å². The molecule has 0 radical (unpaired) electrons. The predicted molar refractivity (Wildman–Crippen MR) is 125 cm³/mol. The molecule has 0 saturated carbocycles. The lowest BCUT2D eigenvalue weighted by Crippen LogP contribution is -2.22. The van der Waals surface area contributed by atoms with Crippen LogP contribution in [-0.4, -0.2) is 14.1 Å². The summed E-state index contributed by atoms with van der Waals surface area (Å²) >= 11 is 5.98. The van der Waals surface area contributed by atoms with Crippen molar-refractivity contribution in [3.05, 3.63) is 110 Å². The molecule has 2 aromatic carbocycles. The van der Waals surface area contributed by atoms with Gasteiger partial charge in [0, 0.05) is 34.2 Å². The first-order valence-electron chi connectivity index (χ1n) is 9.84. The second-order valence-electron chi connectivity index (χ2n) is 7.54. The summed E-state index contributed by atoms with van der Waals surface area (Å²) in [6, 6.07) is 18.4.